The second kappa shape index (κ2) is 11.7. The molecule has 0 aromatic heterocycles. The van der Waals surface area contributed by atoms with Gasteiger partial charge in [0.2, 0.25) is 5.24 Å². The van der Waals surface area contributed by atoms with Crippen LogP contribution in [0.1, 0.15) is 57.8 Å². The summed E-state index contributed by atoms with van der Waals surface area (Å²) in [5.74, 6) is -36.5. The SMILES string of the molecule is O=C(Cl)CCCCCCCCC(I)CC(F)(F)C(F)(F)C(F)(F)C(F)(F)C(F)(F)C(F)(F)F. The first kappa shape index (κ1) is 32.8. The van der Waals surface area contributed by atoms with Gasteiger partial charge in [-0.05, 0) is 24.4 Å². The normalized spacial score (nSPS) is 15.6. The summed E-state index contributed by atoms with van der Waals surface area (Å²) in [5, 5.41) is -0.522. The van der Waals surface area contributed by atoms with E-state index in [1.54, 1.807) is 0 Å². The van der Waals surface area contributed by atoms with Gasteiger partial charge in [0, 0.05) is 16.8 Å². The van der Waals surface area contributed by atoms with Gasteiger partial charge < -0.3 is 0 Å². The number of alkyl halides is 14. The van der Waals surface area contributed by atoms with Crippen molar-refractivity contribution >= 4 is 39.4 Å². The Bertz CT molecular complexity index is 637. The van der Waals surface area contributed by atoms with Crippen LogP contribution in [0, 0.1) is 0 Å². The lowest BCUT2D eigenvalue weighted by Crippen LogP contribution is -2.70. The number of rotatable bonds is 15. The molecule has 1 nitrogen and oxygen atoms in total. The van der Waals surface area contributed by atoms with Gasteiger partial charge in [-0.25, -0.2) is 0 Å². The van der Waals surface area contributed by atoms with Gasteiger partial charge >= 0.3 is 35.8 Å². The molecular weight excluding hydrogens is 630 g/mol. The second-order valence-electron chi connectivity index (χ2n) is 7.32. The fourth-order valence-electron chi connectivity index (χ4n) is 2.65. The van der Waals surface area contributed by atoms with Crippen molar-refractivity contribution in [1.82, 2.24) is 0 Å². The molecule has 0 saturated heterocycles. The highest BCUT2D eigenvalue weighted by Gasteiger charge is 2.90. The van der Waals surface area contributed by atoms with Crippen molar-refractivity contribution in [3.05, 3.63) is 0 Å². The van der Waals surface area contributed by atoms with E-state index in [9.17, 15) is 61.9 Å². The number of halogens is 15. The summed E-state index contributed by atoms with van der Waals surface area (Å²) in [4.78, 5) is 10.5. The van der Waals surface area contributed by atoms with Gasteiger partial charge in [-0.2, -0.15) is 57.1 Å². The molecule has 1 unspecified atom stereocenters. The van der Waals surface area contributed by atoms with Crippen LogP contribution in [0.15, 0.2) is 0 Å². The summed E-state index contributed by atoms with van der Waals surface area (Å²) < 4.78 is 168. The van der Waals surface area contributed by atoms with Crippen LogP contribution in [0.2, 0.25) is 0 Å². The molecule has 16 heteroatoms. The largest absolute Gasteiger partial charge is 0.460 e. The zero-order valence-electron chi connectivity index (χ0n) is 16.5. The van der Waals surface area contributed by atoms with Crippen molar-refractivity contribution in [3.8, 4) is 0 Å². The Morgan fingerprint density at radius 1 is 0.636 bits per heavy atom. The van der Waals surface area contributed by atoms with E-state index in [0.29, 0.717) is 32.1 Å². The van der Waals surface area contributed by atoms with Gasteiger partial charge in [0.1, 0.15) is 0 Å². The van der Waals surface area contributed by atoms with Crippen molar-refractivity contribution in [2.24, 2.45) is 0 Å². The molecule has 0 aromatic rings. The highest BCUT2D eigenvalue weighted by atomic mass is 127. The Balaban J connectivity index is 5.08. The van der Waals surface area contributed by atoms with Gasteiger partial charge in [-0.3, -0.25) is 4.79 Å². The Morgan fingerprint density at radius 3 is 1.45 bits per heavy atom. The van der Waals surface area contributed by atoms with Crippen molar-refractivity contribution in [2.75, 3.05) is 0 Å². The summed E-state index contributed by atoms with van der Waals surface area (Å²) >= 11 is 6.27. The fourth-order valence-corrected chi connectivity index (χ4v) is 3.77. The number of carbonyl (C=O) groups is 1. The molecule has 0 N–H and O–H groups in total. The molecule has 0 aliphatic heterocycles. The van der Waals surface area contributed by atoms with Crippen LogP contribution in [0.5, 0.6) is 0 Å². The lowest BCUT2D eigenvalue weighted by Gasteiger charge is -2.40. The van der Waals surface area contributed by atoms with E-state index in [4.69, 9.17) is 11.6 Å². The lowest BCUT2D eigenvalue weighted by molar-refractivity contribution is -0.440. The van der Waals surface area contributed by atoms with Gasteiger partial charge in [0.15, 0.2) is 0 Å². The van der Waals surface area contributed by atoms with Crippen LogP contribution in [-0.2, 0) is 4.79 Å². The maximum absolute atomic E-state index is 13.8. The molecule has 0 saturated carbocycles. The average Bonchev–Trinajstić information content (AvgIpc) is 2.61. The van der Waals surface area contributed by atoms with E-state index >= 15 is 0 Å². The first-order valence-corrected chi connectivity index (χ1v) is 11.0. The molecule has 0 aliphatic rings. The second-order valence-corrected chi connectivity index (χ2v) is 9.50. The highest BCUT2D eigenvalue weighted by molar-refractivity contribution is 14.1. The minimum atomic E-state index is -7.86. The van der Waals surface area contributed by atoms with Crippen molar-refractivity contribution in [2.45, 2.75) is 97.5 Å². The zero-order valence-corrected chi connectivity index (χ0v) is 19.4. The van der Waals surface area contributed by atoms with Crippen LogP contribution in [-0.4, -0.2) is 45.0 Å². The minimum Gasteiger partial charge on any atom is -0.281 e. The molecule has 0 spiro atoms. The molecule has 0 radical (unpaired) electrons. The third-order valence-corrected chi connectivity index (χ3v) is 5.87. The summed E-state index contributed by atoms with van der Waals surface area (Å²) in [6.45, 7) is 0. The first-order chi connectivity index (χ1) is 14.6. The van der Waals surface area contributed by atoms with E-state index in [1.807, 2.05) is 0 Å². The Hall–Kier alpha value is -0.220. The monoisotopic (exact) mass is 648 g/mol. The number of carbonyl (C=O) groups excluding carboxylic acids is 1. The lowest BCUT2D eigenvalue weighted by atomic mass is 9.91. The summed E-state index contributed by atoms with van der Waals surface area (Å²) in [5.41, 5.74) is 0. The maximum Gasteiger partial charge on any atom is 0.460 e. The van der Waals surface area contributed by atoms with E-state index in [-0.39, 0.29) is 19.3 Å². The first-order valence-electron chi connectivity index (χ1n) is 9.34. The van der Waals surface area contributed by atoms with E-state index in [2.05, 4.69) is 0 Å². The molecule has 33 heavy (non-hydrogen) atoms. The third kappa shape index (κ3) is 7.63. The van der Waals surface area contributed by atoms with Crippen molar-refractivity contribution in [1.29, 1.82) is 0 Å². The third-order valence-electron chi connectivity index (χ3n) is 4.62. The molecule has 0 aliphatic carbocycles. The fraction of sp³-hybridized carbons (Fsp3) is 0.941. The van der Waals surface area contributed by atoms with Crippen LogP contribution < -0.4 is 0 Å². The van der Waals surface area contributed by atoms with E-state index in [1.165, 1.54) is 0 Å². The quantitative estimate of drug-likeness (QED) is 0.0571. The molecule has 0 rings (SSSR count). The molecular formula is C17H19ClF13IO. The van der Waals surface area contributed by atoms with E-state index in [0.717, 1.165) is 22.6 Å². The topological polar surface area (TPSA) is 17.1 Å². The molecule has 1 atom stereocenters. The molecule has 0 aromatic carbocycles. The summed E-state index contributed by atoms with van der Waals surface area (Å²) in [7, 11) is 0. The van der Waals surface area contributed by atoms with Crippen LogP contribution >= 0.6 is 34.2 Å². The maximum atomic E-state index is 13.8. The van der Waals surface area contributed by atoms with Crippen LogP contribution in [0.3, 0.4) is 0 Å². The summed E-state index contributed by atoms with van der Waals surface area (Å²) in [6, 6.07) is 0. The van der Waals surface area contributed by atoms with Gasteiger partial charge in [0.05, 0.1) is 0 Å². The smallest absolute Gasteiger partial charge is 0.281 e. The van der Waals surface area contributed by atoms with Crippen molar-refractivity contribution < 1.29 is 61.9 Å². The van der Waals surface area contributed by atoms with Gasteiger partial charge in [-0.15, -0.1) is 0 Å². The van der Waals surface area contributed by atoms with Crippen LogP contribution in [0.25, 0.3) is 0 Å². The number of hydrogen-bond donors (Lipinski definition) is 0. The Labute approximate surface area is 198 Å². The molecule has 0 bridgehead atoms. The average molecular weight is 649 g/mol. The zero-order chi connectivity index (χ0) is 26.5. The van der Waals surface area contributed by atoms with Crippen molar-refractivity contribution in [3.63, 3.8) is 0 Å². The van der Waals surface area contributed by atoms with Gasteiger partial charge in [0.25, 0.3) is 0 Å². The molecule has 0 amide bonds. The molecule has 0 heterocycles. The predicted molar refractivity (Wildman–Crippen MR) is 101 cm³/mol. The Morgan fingerprint density at radius 2 is 1.03 bits per heavy atom. The molecule has 0 fully saturated rings. The van der Waals surface area contributed by atoms with Gasteiger partial charge in [-0.1, -0.05) is 54.7 Å². The van der Waals surface area contributed by atoms with Crippen LogP contribution in [0.4, 0.5) is 57.1 Å². The minimum absolute atomic E-state index is 0.127. The standard InChI is InChI=1S/C17H19ClF13IO/c18-11(33)8-6-4-2-1-3-5-7-10(32)9-12(19,20)13(21,22)14(23,24)15(25,26)16(27,28)17(29,30)31/h10H,1-9H2. The molecule has 198 valence electrons. The Kier molecular flexibility index (Phi) is 11.6. The predicted octanol–water partition coefficient (Wildman–Crippen LogP) is 8.81. The van der Waals surface area contributed by atoms with E-state index < -0.39 is 51.4 Å². The number of hydrogen-bond acceptors (Lipinski definition) is 1. The number of unbranched alkanes of at least 4 members (excludes halogenated alkanes) is 5. The highest BCUT2D eigenvalue weighted by Crippen LogP contribution is 2.61. The summed E-state index contributed by atoms with van der Waals surface area (Å²) in [6.07, 6.45) is -6.93.